The van der Waals surface area contributed by atoms with Crippen LogP contribution in [0.25, 0.3) is 12.2 Å². The van der Waals surface area contributed by atoms with Gasteiger partial charge in [-0.2, -0.15) is 0 Å². The summed E-state index contributed by atoms with van der Waals surface area (Å²) in [5.74, 6) is 1.10. The van der Waals surface area contributed by atoms with Gasteiger partial charge in [0.15, 0.2) is 0 Å². The fourth-order valence-electron chi connectivity index (χ4n) is 2.44. The van der Waals surface area contributed by atoms with E-state index < -0.39 is 0 Å². The number of rotatable bonds is 0. The predicted octanol–water partition coefficient (Wildman–Crippen LogP) is 2.61. The molecule has 0 saturated heterocycles. The Bertz CT molecular complexity index is 605. The van der Waals surface area contributed by atoms with Crippen LogP contribution < -0.4 is 10.4 Å². The molecule has 0 spiro atoms. The minimum absolute atomic E-state index is 0.550. The van der Waals surface area contributed by atoms with Gasteiger partial charge in [-0.25, -0.2) is 0 Å². The van der Waals surface area contributed by atoms with Crippen LogP contribution in [-0.4, -0.2) is 0 Å². The third-order valence-corrected chi connectivity index (χ3v) is 3.94. The largest absolute Gasteiger partial charge is 0.0764 e. The Morgan fingerprint density at radius 1 is 1.00 bits per heavy atom. The average molecular weight is 320 g/mol. The zero-order valence-corrected chi connectivity index (χ0v) is 11.3. The lowest BCUT2D eigenvalue weighted by Crippen LogP contribution is -2.32. The quantitative estimate of drug-likeness (QED) is 0.645. The van der Waals surface area contributed by atoms with E-state index in [0.29, 0.717) is 11.8 Å². The maximum atomic E-state index is 2.39. The Morgan fingerprint density at radius 2 is 1.81 bits per heavy atom. The third-order valence-electron chi connectivity index (χ3n) is 3.27. The minimum Gasteiger partial charge on any atom is -0.0764 e. The summed E-state index contributed by atoms with van der Waals surface area (Å²) in [6.07, 6.45) is 11.7. The normalized spacial score (nSPS) is 26.0. The van der Waals surface area contributed by atoms with Crippen molar-refractivity contribution in [1.29, 1.82) is 0 Å². The molecule has 2 unspecified atom stereocenters. The van der Waals surface area contributed by atoms with E-state index in [1.54, 1.807) is 0 Å². The first-order chi connectivity index (χ1) is 7.72. The number of benzene rings is 1. The van der Waals surface area contributed by atoms with E-state index in [2.05, 4.69) is 78.1 Å². The van der Waals surface area contributed by atoms with Crippen molar-refractivity contribution in [3.63, 3.8) is 0 Å². The summed E-state index contributed by atoms with van der Waals surface area (Å²) in [5.41, 5.74) is 1.37. The molecule has 2 atom stereocenters. The van der Waals surface area contributed by atoms with Gasteiger partial charge >= 0.3 is 0 Å². The molecule has 0 aromatic heterocycles. The molecule has 0 aliphatic heterocycles. The molecule has 1 heteroatoms. The maximum absolute atomic E-state index is 2.39. The van der Waals surface area contributed by atoms with E-state index in [4.69, 9.17) is 0 Å². The summed E-state index contributed by atoms with van der Waals surface area (Å²) in [6.45, 7) is 2.17. The predicted molar refractivity (Wildman–Crippen MR) is 77.2 cm³/mol. The van der Waals surface area contributed by atoms with Crippen LogP contribution in [0, 0.1) is 15.4 Å². The van der Waals surface area contributed by atoms with Crippen LogP contribution in [0.3, 0.4) is 0 Å². The molecule has 0 saturated carbocycles. The second kappa shape index (κ2) is 3.88. The van der Waals surface area contributed by atoms with E-state index >= 15 is 0 Å². The second-order valence-electron chi connectivity index (χ2n) is 4.53. The van der Waals surface area contributed by atoms with Gasteiger partial charge in [0.05, 0.1) is 0 Å². The number of fused-ring (bicyclic) bond motifs is 2. The Balaban J connectivity index is 2.21. The van der Waals surface area contributed by atoms with Crippen molar-refractivity contribution in [2.45, 2.75) is 6.92 Å². The topological polar surface area (TPSA) is 0 Å². The first-order valence-corrected chi connectivity index (χ1v) is 6.66. The molecule has 1 aromatic rings. The van der Waals surface area contributed by atoms with E-state index in [1.165, 1.54) is 19.6 Å². The number of hydrogen-bond acceptors (Lipinski definition) is 0. The molecule has 0 heterocycles. The van der Waals surface area contributed by atoms with Crippen molar-refractivity contribution in [1.82, 2.24) is 0 Å². The molecule has 0 bridgehead atoms. The number of allylic oxidation sites excluding steroid dienone is 4. The van der Waals surface area contributed by atoms with Crippen LogP contribution >= 0.6 is 22.6 Å². The van der Waals surface area contributed by atoms with Crippen molar-refractivity contribution >= 4 is 34.7 Å². The fraction of sp³-hybridized carbons (Fsp3) is 0.200. The maximum Gasteiger partial charge on any atom is 0.0136 e. The first kappa shape index (κ1) is 10.3. The van der Waals surface area contributed by atoms with E-state index in [-0.39, 0.29) is 0 Å². The lowest BCUT2D eigenvalue weighted by Gasteiger charge is -2.22. The lowest BCUT2D eigenvalue weighted by atomic mass is 9.82. The van der Waals surface area contributed by atoms with Gasteiger partial charge in [-0.05, 0) is 52.1 Å². The molecule has 2 aliphatic carbocycles. The summed E-state index contributed by atoms with van der Waals surface area (Å²) < 4.78 is 1.31. The Kier molecular flexibility index (Phi) is 2.51. The summed E-state index contributed by atoms with van der Waals surface area (Å²) >= 11 is 2.37. The van der Waals surface area contributed by atoms with Gasteiger partial charge < -0.3 is 0 Å². The van der Waals surface area contributed by atoms with Crippen LogP contribution in [0.1, 0.15) is 6.92 Å². The molecule has 80 valence electrons. The first-order valence-electron chi connectivity index (χ1n) is 5.58. The highest BCUT2D eigenvalue weighted by molar-refractivity contribution is 14.1. The molecule has 1 aromatic carbocycles. The molecule has 0 radical (unpaired) electrons. The summed E-state index contributed by atoms with van der Waals surface area (Å²) in [6, 6.07) is 6.67. The van der Waals surface area contributed by atoms with Gasteiger partial charge in [-0.3, -0.25) is 0 Å². The van der Waals surface area contributed by atoms with Crippen LogP contribution in [0.5, 0.6) is 0 Å². The molecule has 0 nitrogen and oxygen atoms in total. The van der Waals surface area contributed by atoms with Crippen LogP contribution in [0.4, 0.5) is 0 Å². The molecular formula is C15H13I. The Labute approximate surface area is 109 Å². The molecule has 16 heavy (non-hydrogen) atoms. The Morgan fingerprint density at radius 3 is 2.69 bits per heavy atom. The summed E-state index contributed by atoms with van der Waals surface area (Å²) in [7, 11) is 0. The second-order valence-corrected chi connectivity index (χ2v) is 5.78. The highest BCUT2D eigenvalue weighted by Crippen LogP contribution is 2.26. The standard InChI is InChI=1S/C15H13I/c1-10-2-3-11-8-14-9-15(16)5-4-12(14)7-13(11)6-10/h2-9,11,13H,1H3. The molecule has 0 fully saturated rings. The molecule has 2 aliphatic rings. The van der Waals surface area contributed by atoms with Crippen molar-refractivity contribution in [2.24, 2.45) is 11.8 Å². The van der Waals surface area contributed by atoms with Gasteiger partial charge in [-0.15, -0.1) is 0 Å². The van der Waals surface area contributed by atoms with E-state index in [9.17, 15) is 0 Å². The van der Waals surface area contributed by atoms with Gasteiger partial charge in [0.25, 0.3) is 0 Å². The van der Waals surface area contributed by atoms with Crippen molar-refractivity contribution in [3.8, 4) is 0 Å². The van der Waals surface area contributed by atoms with E-state index in [1.807, 2.05) is 0 Å². The number of hydrogen-bond donors (Lipinski definition) is 0. The van der Waals surface area contributed by atoms with Gasteiger partial charge in [0.1, 0.15) is 0 Å². The highest BCUT2D eigenvalue weighted by Gasteiger charge is 2.18. The number of halogens is 1. The molecule has 3 rings (SSSR count). The lowest BCUT2D eigenvalue weighted by molar-refractivity contribution is 0.716. The Hall–Kier alpha value is -0.830. The molecular weight excluding hydrogens is 307 g/mol. The smallest absolute Gasteiger partial charge is 0.0136 e. The summed E-state index contributed by atoms with van der Waals surface area (Å²) in [5, 5.41) is 2.76. The summed E-state index contributed by atoms with van der Waals surface area (Å²) in [4.78, 5) is 0. The monoisotopic (exact) mass is 320 g/mol. The highest BCUT2D eigenvalue weighted by atomic mass is 127. The van der Waals surface area contributed by atoms with Gasteiger partial charge in [0.2, 0.25) is 0 Å². The SMILES string of the molecule is CC1=CC2C=c3ccc(I)cc3=CC2C=C1. The fourth-order valence-corrected chi connectivity index (χ4v) is 2.96. The van der Waals surface area contributed by atoms with Crippen LogP contribution in [-0.2, 0) is 0 Å². The van der Waals surface area contributed by atoms with Crippen molar-refractivity contribution in [2.75, 3.05) is 0 Å². The van der Waals surface area contributed by atoms with Crippen molar-refractivity contribution < 1.29 is 0 Å². The van der Waals surface area contributed by atoms with Crippen LogP contribution in [0.2, 0.25) is 0 Å². The molecule has 0 amide bonds. The van der Waals surface area contributed by atoms with Gasteiger partial charge in [0, 0.05) is 15.4 Å². The third kappa shape index (κ3) is 1.77. The van der Waals surface area contributed by atoms with Gasteiger partial charge in [-0.1, -0.05) is 42.0 Å². The van der Waals surface area contributed by atoms with Crippen LogP contribution in [0.15, 0.2) is 42.0 Å². The zero-order valence-electron chi connectivity index (χ0n) is 9.15. The van der Waals surface area contributed by atoms with Crippen molar-refractivity contribution in [3.05, 3.63) is 56.0 Å². The molecule has 0 N–H and O–H groups in total. The zero-order chi connectivity index (χ0) is 11.1. The van der Waals surface area contributed by atoms with E-state index in [0.717, 1.165) is 0 Å². The minimum atomic E-state index is 0.550. The average Bonchev–Trinajstić information content (AvgIpc) is 2.26.